The zero-order valence-corrected chi connectivity index (χ0v) is 12.7. The summed E-state index contributed by atoms with van der Waals surface area (Å²) in [6, 6.07) is -0.520. The van der Waals surface area contributed by atoms with Crippen LogP contribution in [0.25, 0.3) is 0 Å². The van der Waals surface area contributed by atoms with Crippen molar-refractivity contribution in [2.24, 2.45) is 5.92 Å². The molecule has 0 radical (unpaired) electrons. The van der Waals surface area contributed by atoms with Gasteiger partial charge in [-0.2, -0.15) is 4.31 Å². The number of sulfonamides is 1. The summed E-state index contributed by atoms with van der Waals surface area (Å²) in [4.78, 5) is 15.4. The molecule has 2 aliphatic rings. The second-order valence-corrected chi connectivity index (χ2v) is 8.36. The van der Waals surface area contributed by atoms with Crippen LogP contribution < -0.4 is 0 Å². The summed E-state index contributed by atoms with van der Waals surface area (Å²) in [6.07, 6.45) is 1.86. The molecule has 1 aromatic heterocycles. The Morgan fingerprint density at radius 1 is 1.55 bits per heavy atom. The average Bonchev–Trinajstić information content (AvgIpc) is 3.02. The molecule has 2 aliphatic heterocycles. The Kier molecular flexibility index (Phi) is 3.34. The summed E-state index contributed by atoms with van der Waals surface area (Å²) in [6.45, 7) is 1.83. The molecule has 3 unspecified atom stereocenters. The second kappa shape index (κ2) is 4.78. The van der Waals surface area contributed by atoms with Crippen LogP contribution in [0.1, 0.15) is 30.0 Å². The maximum Gasteiger partial charge on any atom is 0.308 e. The van der Waals surface area contributed by atoms with Crippen LogP contribution in [0.5, 0.6) is 0 Å². The largest absolute Gasteiger partial charge is 0.481 e. The number of aryl methyl sites for hydroxylation is 1. The highest BCUT2D eigenvalue weighted by Crippen LogP contribution is 2.44. The Bertz CT molecular complexity index is 640. The van der Waals surface area contributed by atoms with Gasteiger partial charge >= 0.3 is 5.97 Å². The van der Waals surface area contributed by atoms with Gasteiger partial charge in [0.1, 0.15) is 5.75 Å². The van der Waals surface area contributed by atoms with Gasteiger partial charge in [0, 0.05) is 17.5 Å². The molecule has 3 atom stereocenters. The second-order valence-electron chi connectivity index (χ2n) is 5.42. The Morgan fingerprint density at radius 3 is 2.85 bits per heavy atom. The van der Waals surface area contributed by atoms with Gasteiger partial charge in [-0.3, -0.25) is 4.79 Å². The number of aliphatic carboxylic acids is 1. The van der Waals surface area contributed by atoms with E-state index in [2.05, 4.69) is 4.98 Å². The molecule has 1 N–H and O–H groups in total. The third-order valence-electron chi connectivity index (χ3n) is 4.11. The summed E-state index contributed by atoms with van der Waals surface area (Å²) < 4.78 is 26.5. The molecule has 1 aromatic rings. The van der Waals surface area contributed by atoms with Crippen molar-refractivity contribution < 1.29 is 18.3 Å². The van der Waals surface area contributed by atoms with E-state index in [-0.39, 0.29) is 17.8 Å². The van der Waals surface area contributed by atoms with Crippen LogP contribution in [0, 0.1) is 12.8 Å². The number of fused-ring (bicyclic) bond motifs is 2. The van der Waals surface area contributed by atoms with Gasteiger partial charge in [-0.05, 0) is 26.2 Å². The minimum atomic E-state index is -3.49. The van der Waals surface area contributed by atoms with Gasteiger partial charge in [-0.1, -0.05) is 0 Å². The van der Waals surface area contributed by atoms with E-state index in [1.165, 1.54) is 15.6 Å². The predicted octanol–water partition coefficient (Wildman–Crippen LogP) is 1.22. The van der Waals surface area contributed by atoms with Crippen molar-refractivity contribution >= 4 is 27.3 Å². The molecule has 6 nitrogen and oxygen atoms in total. The molecular formula is C12H16N2O4S2. The maximum atomic E-state index is 12.5. The quantitative estimate of drug-likeness (QED) is 0.902. The third-order valence-corrected chi connectivity index (χ3v) is 6.80. The lowest BCUT2D eigenvalue weighted by molar-refractivity contribution is -0.142. The standard InChI is InChI=1S/C12H16N2O4S2/c1-7-13-8(5-19-7)6-20(17,18)14-9-2-3-11(14)10(4-9)12(15)16/h5,9-11H,2-4,6H2,1H3,(H,15,16). The molecule has 0 aromatic carbocycles. The number of carbonyl (C=O) groups is 1. The van der Waals surface area contributed by atoms with Gasteiger partial charge in [0.15, 0.2) is 0 Å². The number of carboxylic acids is 1. The lowest BCUT2D eigenvalue weighted by Crippen LogP contribution is -2.38. The van der Waals surface area contributed by atoms with Crippen LogP contribution in [0.15, 0.2) is 5.38 Å². The zero-order chi connectivity index (χ0) is 14.5. The van der Waals surface area contributed by atoms with Crippen molar-refractivity contribution in [3.63, 3.8) is 0 Å². The van der Waals surface area contributed by atoms with E-state index in [0.717, 1.165) is 11.4 Å². The first-order valence-electron chi connectivity index (χ1n) is 6.53. The highest BCUT2D eigenvalue weighted by molar-refractivity contribution is 7.88. The van der Waals surface area contributed by atoms with Gasteiger partial charge in [0.05, 0.1) is 16.6 Å². The molecule has 0 amide bonds. The highest BCUT2D eigenvalue weighted by Gasteiger charge is 2.54. The molecule has 110 valence electrons. The minimum absolute atomic E-state index is 0.128. The topological polar surface area (TPSA) is 87.6 Å². The van der Waals surface area contributed by atoms with E-state index in [0.29, 0.717) is 18.5 Å². The Balaban J connectivity index is 1.83. The highest BCUT2D eigenvalue weighted by atomic mass is 32.2. The first-order chi connectivity index (χ1) is 9.38. The monoisotopic (exact) mass is 316 g/mol. The van der Waals surface area contributed by atoms with E-state index in [9.17, 15) is 18.3 Å². The van der Waals surface area contributed by atoms with Crippen LogP contribution >= 0.6 is 11.3 Å². The smallest absolute Gasteiger partial charge is 0.308 e. The molecule has 0 saturated carbocycles. The maximum absolute atomic E-state index is 12.5. The summed E-state index contributed by atoms with van der Waals surface area (Å²) in [5.41, 5.74) is 0.547. The first kappa shape index (κ1) is 14.0. The third kappa shape index (κ3) is 2.25. The number of hydrogen-bond donors (Lipinski definition) is 1. The van der Waals surface area contributed by atoms with E-state index in [4.69, 9.17) is 0 Å². The Labute approximate surface area is 121 Å². The number of hydrogen-bond acceptors (Lipinski definition) is 5. The average molecular weight is 316 g/mol. The van der Waals surface area contributed by atoms with Crippen LogP contribution in [0.2, 0.25) is 0 Å². The fourth-order valence-corrected chi connectivity index (χ4v) is 6.07. The van der Waals surface area contributed by atoms with Gasteiger partial charge in [0.2, 0.25) is 10.0 Å². The number of thiazole rings is 1. The van der Waals surface area contributed by atoms with Crippen molar-refractivity contribution in [1.82, 2.24) is 9.29 Å². The molecule has 2 bridgehead atoms. The van der Waals surface area contributed by atoms with Gasteiger partial charge in [-0.15, -0.1) is 11.3 Å². The van der Waals surface area contributed by atoms with Crippen molar-refractivity contribution in [3.8, 4) is 0 Å². The fourth-order valence-electron chi connectivity index (χ4n) is 3.37. The van der Waals surface area contributed by atoms with E-state index >= 15 is 0 Å². The van der Waals surface area contributed by atoms with E-state index < -0.39 is 21.9 Å². The number of rotatable bonds is 4. The van der Waals surface area contributed by atoms with Gasteiger partial charge in [-0.25, -0.2) is 13.4 Å². The summed E-state index contributed by atoms with van der Waals surface area (Å²) in [5.74, 6) is -1.57. The molecule has 20 heavy (non-hydrogen) atoms. The molecule has 3 heterocycles. The van der Waals surface area contributed by atoms with Crippen LogP contribution in [0.4, 0.5) is 0 Å². The molecule has 0 spiro atoms. The van der Waals surface area contributed by atoms with Gasteiger partial charge < -0.3 is 5.11 Å². The SMILES string of the molecule is Cc1nc(CS(=O)(=O)N2C3CCC2C(C(=O)O)C3)cs1. The number of nitrogens with zero attached hydrogens (tertiary/aromatic N) is 2. The fraction of sp³-hybridized carbons (Fsp3) is 0.667. The number of carboxylic acid groups (broad SMARTS) is 1. The summed E-state index contributed by atoms with van der Waals surface area (Å²) in [5, 5.41) is 11.8. The molecule has 3 rings (SSSR count). The molecule has 8 heteroatoms. The first-order valence-corrected chi connectivity index (χ1v) is 9.02. The van der Waals surface area contributed by atoms with Crippen LogP contribution in [0.3, 0.4) is 0 Å². The van der Waals surface area contributed by atoms with E-state index in [1.54, 1.807) is 5.38 Å². The minimum Gasteiger partial charge on any atom is -0.481 e. The zero-order valence-electron chi connectivity index (χ0n) is 11.0. The molecule has 0 aliphatic carbocycles. The summed E-state index contributed by atoms with van der Waals surface area (Å²) in [7, 11) is -3.49. The molecular weight excluding hydrogens is 300 g/mol. The number of aromatic nitrogens is 1. The lowest BCUT2D eigenvalue weighted by Gasteiger charge is -2.21. The van der Waals surface area contributed by atoms with Crippen molar-refractivity contribution in [1.29, 1.82) is 0 Å². The predicted molar refractivity (Wildman–Crippen MR) is 73.9 cm³/mol. The Morgan fingerprint density at radius 2 is 2.30 bits per heavy atom. The van der Waals surface area contributed by atoms with Crippen LogP contribution in [-0.4, -0.2) is 40.9 Å². The van der Waals surface area contributed by atoms with Crippen molar-refractivity contribution in [2.75, 3.05) is 0 Å². The molecule has 2 fully saturated rings. The van der Waals surface area contributed by atoms with Gasteiger partial charge in [0.25, 0.3) is 0 Å². The normalized spacial score (nSPS) is 29.9. The lowest BCUT2D eigenvalue weighted by atomic mass is 9.89. The van der Waals surface area contributed by atoms with Crippen molar-refractivity contribution in [3.05, 3.63) is 16.1 Å². The van der Waals surface area contributed by atoms with Crippen LogP contribution in [-0.2, 0) is 20.6 Å². The van der Waals surface area contributed by atoms with E-state index in [1.807, 2.05) is 6.92 Å². The molecule has 2 saturated heterocycles. The Hall–Kier alpha value is -0.990. The summed E-state index contributed by atoms with van der Waals surface area (Å²) >= 11 is 1.42. The van der Waals surface area contributed by atoms with Crippen molar-refractivity contribution in [2.45, 2.75) is 44.0 Å².